The van der Waals surface area contributed by atoms with Gasteiger partial charge >= 0.3 is 5.97 Å². The molecule has 1 fully saturated rings. The maximum Gasteiger partial charge on any atom is 0.328 e. The Morgan fingerprint density at radius 1 is 1.42 bits per heavy atom. The molecular formula is C12H19NO5S. The minimum atomic E-state index is -3.08. The molecule has 1 rings (SSSR count). The zero-order chi connectivity index (χ0) is 14.6. The van der Waals surface area contributed by atoms with E-state index in [4.69, 9.17) is 5.11 Å². The van der Waals surface area contributed by atoms with Crippen LogP contribution in [0.1, 0.15) is 26.7 Å². The maximum atomic E-state index is 12.0. The summed E-state index contributed by atoms with van der Waals surface area (Å²) < 4.78 is 23.0. The fourth-order valence-electron chi connectivity index (χ4n) is 2.18. The first-order valence-electron chi connectivity index (χ1n) is 6.20. The molecular weight excluding hydrogens is 270 g/mol. The minimum absolute atomic E-state index is 0.0377. The van der Waals surface area contributed by atoms with Crippen LogP contribution in [0.4, 0.5) is 0 Å². The molecule has 0 aliphatic carbocycles. The Morgan fingerprint density at radius 2 is 2.05 bits per heavy atom. The first-order chi connectivity index (χ1) is 8.76. The molecule has 1 aliphatic heterocycles. The van der Waals surface area contributed by atoms with Crippen LogP contribution in [0.3, 0.4) is 0 Å². The third-order valence-electron chi connectivity index (χ3n) is 3.29. The summed E-state index contributed by atoms with van der Waals surface area (Å²) >= 11 is 0. The lowest BCUT2D eigenvalue weighted by atomic mass is 10.1. The number of rotatable bonds is 5. The molecule has 0 aromatic rings. The molecule has 1 amide bonds. The van der Waals surface area contributed by atoms with Crippen molar-refractivity contribution in [1.29, 1.82) is 0 Å². The Balaban J connectivity index is 2.90. The fourth-order valence-corrected chi connectivity index (χ4v) is 3.89. The number of hydrogen-bond acceptors (Lipinski definition) is 4. The average Bonchev–Trinajstić information content (AvgIpc) is 2.66. The summed E-state index contributed by atoms with van der Waals surface area (Å²) in [6.07, 6.45) is 2.86. The summed E-state index contributed by atoms with van der Waals surface area (Å²) in [5, 5.41) is 8.53. The quantitative estimate of drug-likeness (QED) is 0.742. The summed E-state index contributed by atoms with van der Waals surface area (Å²) in [5.41, 5.74) is 0. The van der Waals surface area contributed by atoms with Crippen LogP contribution in [0.5, 0.6) is 0 Å². The third kappa shape index (κ3) is 4.34. The highest BCUT2D eigenvalue weighted by molar-refractivity contribution is 7.91. The van der Waals surface area contributed by atoms with Crippen LogP contribution in [0.15, 0.2) is 12.2 Å². The van der Waals surface area contributed by atoms with E-state index in [1.165, 1.54) is 4.90 Å². The number of carboxylic acid groups (broad SMARTS) is 1. The van der Waals surface area contributed by atoms with Crippen LogP contribution in [-0.4, -0.2) is 53.9 Å². The molecule has 0 spiro atoms. The Kier molecular flexibility index (Phi) is 5.11. The molecule has 2 unspecified atom stereocenters. The van der Waals surface area contributed by atoms with Crippen LogP contribution in [0.2, 0.25) is 0 Å². The fraction of sp³-hybridized carbons (Fsp3) is 0.667. The van der Waals surface area contributed by atoms with Crippen LogP contribution >= 0.6 is 0 Å². The van der Waals surface area contributed by atoms with Crippen molar-refractivity contribution in [3.63, 3.8) is 0 Å². The molecule has 19 heavy (non-hydrogen) atoms. The summed E-state index contributed by atoms with van der Waals surface area (Å²) in [7, 11) is -3.08. The van der Waals surface area contributed by atoms with Crippen molar-refractivity contribution in [3.05, 3.63) is 12.2 Å². The van der Waals surface area contributed by atoms with Gasteiger partial charge in [0.1, 0.15) is 0 Å². The highest BCUT2D eigenvalue weighted by Gasteiger charge is 2.35. The highest BCUT2D eigenvalue weighted by Crippen LogP contribution is 2.21. The Bertz CT molecular complexity index is 482. The van der Waals surface area contributed by atoms with Gasteiger partial charge in [-0.05, 0) is 19.8 Å². The van der Waals surface area contributed by atoms with Gasteiger partial charge in [0.25, 0.3) is 0 Å². The summed E-state index contributed by atoms with van der Waals surface area (Å²) in [5.74, 6) is -1.60. The van der Waals surface area contributed by atoms with Crippen molar-refractivity contribution in [2.45, 2.75) is 38.8 Å². The van der Waals surface area contributed by atoms with E-state index in [0.29, 0.717) is 12.8 Å². The second-order valence-electron chi connectivity index (χ2n) is 4.73. The summed E-state index contributed by atoms with van der Waals surface area (Å²) in [6.45, 7) is 3.73. The van der Waals surface area contributed by atoms with Crippen LogP contribution < -0.4 is 0 Å². The van der Waals surface area contributed by atoms with E-state index in [0.717, 1.165) is 12.2 Å². The van der Waals surface area contributed by atoms with Gasteiger partial charge < -0.3 is 10.0 Å². The van der Waals surface area contributed by atoms with E-state index in [1.54, 1.807) is 0 Å². The molecule has 0 saturated carbocycles. The van der Waals surface area contributed by atoms with Crippen molar-refractivity contribution in [1.82, 2.24) is 4.90 Å². The molecule has 1 aliphatic rings. The molecule has 6 nitrogen and oxygen atoms in total. The number of carbonyl (C=O) groups is 2. The number of aliphatic carboxylic acids is 1. The largest absolute Gasteiger partial charge is 0.478 e. The monoisotopic (exact) mass is 289 g/mol. The van der Waals surface area contributed by atoms with Crippen LogP contribution in [0.25, 0.3) is 0 Å². The van der Waals surface area contributed by atoms with E-state index < -0.39 is 21.7 Å². The van der Waals surface area contributed by atoms with E-state index in [1.807, 2.05) is 13.8 Å². The number of amides is 1. The second kappa shape index (κ2) is 6.18. The van der Waals surface area contributed by atoms with E-state index >= 15 is 0 Å². The molecule has 1 heterocycles. The van der Waals surface area contributed by atoms with E-state index in [9.17, 15) is 18.0 Å². The van der Waals surface area contributed by atoms with Crippen molar-refractivity contribution in [3.8, 4) is 0 Å². The standard InChI is InChI=1S/C12H19NO5S/c1-3-9(2)13(11(14)4-5-12(15)16)10-6-7-19(17,18)8-10/h4-5,9-10H,3,6-8H2,1-2H3,(H,15,16)/b5-4+. The molecule has 1 saturated heterocycles. The predicted octanol–water partition coefficient (Wildman–Crippen LogP) is 0.441. The molecule has 0 radical (unpaired) electrons. The highest BCUT2D eigenvalue weighted by atomic mass is 32.2. The molecule has 0 aromatic carbocycles. The Hall–Kier alpha value is -1.37. The number of hydrogen-bond donors (Lipinski definition) is 1. The van der Waals surface area contributed by atoms with Crippen molar-refractivity contribution in [2.24, 2.45) is 0 Å². The number of carboxylic acids is 1. The van der Waals surface area contributed by atoms with Gasteiger partial charge in [0.05, 0.1) is 11.5 Å². The number of sulfone groups is 1. The Labute approximate surface area is 113 Å². The van der Waals surface area contributed by atoms with Gasteiger partial charge in [0.2, 0.25) is 5.91 Å². The maximum absolute atomic E-state index is 12.0. The molecule has 108 valence electrons. The lowest BCUT2D eigenvalue weighted by Crippen LogP contribution is -2.45. The predicted molar refractivity (Wildman–Crippen MR) is 70.4 cm³/mol. The SMILES string of the molecule is CCC(C)N(C(=O)/C=C/C(=O)O)C1CCS(=O)(=O)C1. The minimum Gasteiger partial charge on any atom is -0.478 e. The summed E-state index contributed by atoms with van der Waals surface area (Å²) in [6, 6.07) is -0.477. The van der Waals surface area contributed by atoms with Gasteiger partial charge in [-0.3, -0.25) is 4.79 Å². The third-order valence-corrected chi connectivity index (χ3v) is 5.04. The van der Waals surface area contributed by atoms with E-state index in [-0.39, 0.29) is 23.6 Å². The van der Waals surface area contributed by atoms with Gasteiger partial charge in [-0.1, -0.05) is 6.92 Å². The topological polar surface area (TPSA) is 91.8 Å². The zero-order valence-electron chi connectivity index (χ0n) is 11.1. The second-order valence-corrected chi connectivity index (χ2v) is 6.96. The molecule has 2 atom stereocenters. The van der Waals surface area contributed by atoms with Crippen molar-refractivity contribution < 1.29 is 23.1 Å². The molecule has 0 bridgehead atoms. The van der Waals surface area contributed by atoms with Gasteiger partial charge in [0.15, 0.2) is 9.84 Å². The smallest absolute Gasteiger partial charge is 0.328 e. The first-order valence-corrected chi connectivity index (χ1v) is 8.02. The zero-order valence-corrected chi connectivity index (χ0v) is 11.9. The lowest BCUT2D eigenvalue weighted by molar-refractivity contribution is -0.133. The average molecular weight is 289 g/mol. The van der Waals surface area contributed by atoms with Crippen LogP contribution in [0, 0.1) is 0 Å². The van der Waals surface area contributed by atoms with Gasteiger partial charge in [0, 0.05) is 24.2 Å². The van der Waals surface area contributed by atoms with Gasteiger partial charge in [-0.25, -0.2) is 13.2 Å². The van der Waals surface area contributed by atoms with Crippen LogP contribution in [-0.2, 0) is 19.4 Å². The van der Waals surface area contributed by atoms with Gasteiger partial charge in [-0.2, -0.15) is 0 Å². The summed E-state index contributed by atoms with van der Waals surface area (Å²) in [4.78, 5) is 24.0. The Morgan fingerprint density at radius 3 is 2.47 bits per heavy atom. The van der Waals surface area contributed by atoms with Gasteiger partial charge in [-0.15, -0.1) is 0 Å². The lowest BCUT2D eigenvalue weighted by Gasteiger charge is -2.32. The normalized spacial score (nSPS) is 23.4. The first kappa shape index (κ1) is 15.7. The number of nitrogens with zero attached hydrogens (tertiary/aromatic N) is 1. The molecule has 1 N–H and O–H groups in total. The number of carbonyl (C=O) groups excluding carboxylic acids is 1. The van der Waals surface area contributed by atoms with Crippen molar-refractivity contribution in [2.75, 3.05) is 11.5 Å². The van der Waals surface area contributed by atoms with Crippen molar-refractivity contribution >= 4 is 21.7 Å². The van der Waals surface area contributed by atoms with E-state index in [2.05, 4.69) is 0 Å². The molecule has 7 heteroatoms. The molecule has 0 aromatic heterocycles.